The van der Waals surface area contributed by atoms with E-state index < -0.39 is 17.6 Å². The first-order valence-electron chi connectivity index (χ1n) is 5.97. The molecule has 1 aliphatic rings. The fourth-order valence-corrected chi connectivity index (χ4v) is 2.46. The fraction of sp³-hybridized carbons (Fsp3) is 0.385. The van der Waals surface area contributed by atoms with Crippen molar-refractivity contribution in [3.63, 3.8) is 0 Å². The third-order valence-electron chi connectivity index (χ3n) is 3.06. The number of alkyl halides is 3. The van der Waals surface area contributed by atoms with E-state index >= 15 is 0 Å². The summed E-state index contributed by atoms with van der Waals surface area (Å²) in [7, 11) is 0. The lowest BCUT2D eigenvalue weighted by Crippen LogP contribution is -2.40. The Balaban J connectivity index is 2.31. The van der Waals surface area contributed by atoms with Gasteiger partial charge in [-0.25, -0.2) is 0 Å². The third kappa shape index (κ3) is 3.20. The van der Waals surface area contributed by atoms with Crippen LogP contribution in [0.1, 0.15) is 28.8 Å². The normalized spacial score (nSPS) is 16.4. The van der Waals surface area contributed by atoms with Crippen molar-refractivity contribution in [3.05, 3.63) is 33.8 Å². The summed E-state index contributed by atoms with van der Waals surface area (Å²) in [6, 6.07) is 2.91. The lowest BCUT2D eigenvalue weighted by molar-refractivity contribution is -0.137. The van der Waals surface area contributed by atoms with Crippen LogP contribution < -0.4 is 0 Å². The maximum absolute atomic E-state index is 12.7. The molecule has 108 valence electrons. The van der Waals surface area contributed by atoms with Gasteiger partial charge >= 0.3 is 6.18 Å². The number of hydrogen-bond donors (Lipinski definition) is 0. The second-order valence-corrected chi connectivity index (χ2v) is 5.42. The zero-order chi connectivity index (χ0) is 14.9. The molecule has 0 bridgehead atoms. The first kappa shape index (κ1) is 15.0. The maximum atomic E-state index is 12.7. The monoisotopic (exact) mass is 349 g/mol. The first-order chi connectivity index (χ1) is 9.29. The number of nitrogens with zero attached hydrogens (tertiary/aromatic N) is 1. The van der Waals surface area contributed by atoms with Crippen molar-refractivity contribution in [2.45, 2.75) is 19.0 Å². The molecule has 0 aliphatic carbocycles. The van der Waals surface area contributed by atoms with Crippen molar-refractivity contribution in [1.82, 2.24) is 4.90 Å². The molecule has 1 heterocycles. The number of benzene rings is 1. The average Bonchev–Trinajstić information content (AvgIpc) is 2.37. The van der Waals surface area contributed by atoms with E-state index in [1.165, 1.54) is 11.0 Å². The van der Waals surface area contributed by atoms with Crippen LogP contribution in [-0.4, -0.2) is 29.7 Å². The van der Waals surface area contributed by atoms with E-state index in [0.717, 1.165) is 12.1 Å². The lowest BCUT2D eigenvalue weighted by atomic mass is 10.1. The van der Waals surface area contributed by atoms with Gasteiger partial charge in [-0.15, -0.1) is 0 Å². The van der Waals surface area contributed by atoms with Gasteiger partial charge < -0.3 is 4.90 Å². The number of piperidine rings is 1. The Labute approximate surface area is 121 Å². The highest BCUT2D eigenvalue weighted by Crippen LogP contribution is 2.32. The van der Waals surface area contributed by atoms with E-state index in [2.05, 4.69) is 15.9 Å². The minimum Gasteiger partial charge on any atom is -0.331 e. The van der Waals surface area contributed by atoms with E-state index in [0.29, 0.717) is 19.4 Å². The smallest absolute Gasteiger partial charge is 0.331 e. The van der Waals surface area contributed by atoms with Crippen LogP contribution in [0.4, 0.5) is 13.2 Å². The van der Waals surface area contributed by atoms with Gasteiger partial charge in [0.25, 0.3) is 5.91 Å². The van der Waals surface area contributed by atoms with Crippen molar-refractivity contribution >= 4 is 27.6 Å². The van der Waals surface area contributed by atoms with Gasteiger partial charge in [0.15, 0.2) is 5.78 Å². The summed E-state index contributed by atoms with van der Waals surface area (Å²) in [6.45, 7) is 0.342. The molecule has 0 spiro atoms. The van der Waals surface area contributed by atoms with Gasteiger partial charge in [-0.3, -0.25) is 9.59 Å². The highest BCUT2D eigenvalue weighted by Gasteiger charge is 2.32. The first-order valence-corrected chi connectivity index (χ1v) is 6.76. The summed E-state index contributed by atoms with van der Waals surface area (Å²) >= 11 is 3.08. The average molecular weight is 350 g/mol. The minimum absolute atomic E-state index is 0.0402. The van der Waals surface area contributed by atoms with Crippen LogP contribution in [0.15, 0.2) is 22.7 Å². The second-order valence-electron chi connectivity index (χ2n) is 4.56. The Kier molecular flexibility index (Phi) is 4.17. The molecule has 1 aromatic carbocycles. The zero-order valence-corrected chi connectivity index (χ0v) is 11.9. The van der Waals surface area contributed by atoms with E-state index in [-0.39, 0.29) is 22.4 Å². The Bertz CT molecular complexity index is 557. The zero-order valence-electron chi connectivity index (χ0n) is 10.3. The topological polar surface area (TPSA) is 37.4 Å². The number of halogens is 4. The molecule has 2 rings (SSSR count). The van der Waals surface area contributed by atoms with E-state index in [1.807, 2.05) is 0 Å². The number of Topliss-reactive ketones (excluding diaryl/α,β-unsaturated/α-hetero) is 1. The molecule has 3 nitrogen and oxygen atoms in total. The van der Waals surface area contributed by atoms with Gasteiger partial charge in [0.1, 0.15) is 0 Å². The van der Waals surface area contributed by atoms with Gasteiger partial charge in [-0.05, 0) is 40.5 Å². The molecule has 1 saturated heterocycles. The fourth-order valence-electron chi connectivity index (χ4n) is 2.05. The molecule has 7 heteroatoms. The summed E-state index contributed by atoms with van der Waals surface area (Å²) in [6.07, 6.45) is -3.55. The molecule has 0 N–H and O–H groups in total. The van der Waals surface area contributed by atoms with Crippen LogP contribution in [-0.2, 0) is 11.0 Å². The molecular formula is C13H11BrF3NO2. The molecule has 1 fully saturated rings. The van der Waals surface area contributed by atoms with Crippen LogP contribution in [0.5, 0.6) is 0 Å². The number of ketones is 1. The van der Waals surface area contributed by atoms with Gasteiger partial charge in [-0.1, -0.05) is 0 Å². The van der Waals surface area contributed by atoms with Gasteiger partial charge in [0.2, 0.25) is 0 Å². The summed E-state index contributed by atoms with van der Waals surface area (Å²) in [5, 5.41) is 0. The van der Waals surface area contributed by atoms with Crippen molar-refractivity contribution < 1.29 is 22.8 Å². The van der Waals surface area contributed by atoms with Crippen molar-refractivity contribution in [1.29, 1.82) is 0 Å². The summed E-state index contributed by atoms with van der Waals surface area (Å²) in [5.41, 5.74) is -0.957. The van der Waals surface area contributed by atoms with Crippen LogP contribution >= 0.6 is 15.9 Å². The van der Waals surface area contributed by atoms with Crippen molar-refractivity contribution in [2.75, 3.05) is 13.1 Å². The van der Waals surface area contributed by atoms with Crippen molar-refractivity contribution in [3.8, 4) is 0 Å². The Hall–Kier alpha value is -1.37. The van der Waals surface area contributed by atoms with Gasteiger partial charge in [0.05, 0.1) is 17.7 Å². The SMILES string of the molecule is O=C1CCCN(C(=O)c2cc(C(F)(F)F)ccc2Br)C1. The standard InChI is InChI=1S/C13H11BrF3NO2/c14-11-4-3-8(13(15,16)17)6-10(11)12(20)18-5-1-2-9(19)7-18/h3-4,6H,1-2,5,7H2. The molecule has 1 aliphatic heterocycles. The summed E-state index contributed by atoms with van der Waals surface area (Å²) in [5.74, 6) is -0.635. The molecule has 1 aromatic rings. The van der Waals surface area contributed by atoms with Gasteiger partial charge in [0, 0.05) is 17.4 Å². The Morgan fingerprint density at radius 2 is 2.00 bits per heavy atom. The Morgan fingerprint density at radius 1 is 1.30 bits per heavy atom. The minimum atomic E-state index is -4.51. The number of carbonyl (C=O) groups is 2. The number of amides is 1. The van der Waals surface area contributed by atoms with Gasteiger partial charge in [-0.2, -0.15) is 13.2 Å². The lowest BCUT2D eigenvalue weighted by Gasteiger charge is -2.26. The molecule has 1 amide bonds. The Morgan fingerprint density at radius 3 is 2.60 bits per heavy atom. The predicted molar refractivity (Wildman–Crippen MR) is 69.3 cm³/mol. The van der Waals surface area contributed by atoms with Crippen LogP contribution in [0.3, 0.4) is 0 Å². The molecule has 0 atom stereocenters. The summed E-state index contributed by atoms with van der Waals surface area (Å²) in [4.78, 5) is 24.8. The predicted octanol–water partition coefficient (Wildman–Crippen LogP) is 3.27. The second kappa shape index (κ2) is 5.55. The molecule has 0 unspecified atom stereocenters. The highest BCUT2D eigenvalue weighted by molar-refractivity contribution is 9.10. The summed E-state index contributed by atoms with van der Waals surface area (Å²) < 4.78 is 38.3. The number of carbonyl (C=O) groups excluding carboxylic acids is 2. The van der Waals surface area contributed by atoms with Crippen LogP contribution in [0.2, 0.25) is 0 Å². The van der Waals surface area contributed by atoms with E-state index in [1.54, 1.807) is 0 Å². The number of rotatable bonds is 1. The molecule has 0 saturated carbocycles. The highest BCUT2D eigenvalue weighted by atomic mass is 79.9. The largest absolute Gasteiger partial charge is 0.416 e. The van der Waals surface area contributed by atoms with Crippen LogP contribution in [0.25, 0.3) is 0 Å². The van der Waals surface area contributed by atoms with Crippen molar-refractivity contribution in [2.24, 2.45) is 0 Å². The molecule has 0 radical (unpaired) electrons. The van der Waals surface area contributed by atoms with E-state index in [4.69, 9.17) is 0 Å². The van der Waals surface area contributed by atoms with Crippen LogP contribution in [0, 0.1) is 0 Å². The molecule has 0 aromatic heterocycles. The molecular weight excluding hydrogens is 339 g/mol. The maximum Gasteiger partial charge on any atom is 0.416 e. The number of hydrogen-bond acceptors (Lipinski definition) is 2. The quantitative estimate of drug-likeness (QED) is 0.780. The number of likely N-dealkylation sites (tertiary alicyclic amines) is 1. The van der Waals surface area contributed by atoms with E-state index in [9.17, 15) is 22.8 Å². The third-order valence-corrected chi connectivity index (χ3v) is 3.75. The molecule has 20 heavy (non-hydrogen) atoms.